The van der Waals surface area contributed by atoms with Crippen LogP contribution in [0.1, 0.15) is 0 Å². The average molecular weight is 593 g/mol. The monoisotopic (exact) mass is 592 g/mol. The summed E-state index contributed by atoms with van der Waals surface area (Å²) in [6.07, 6.45) is 0. The molecule has 3 aromatic heterocycles. The summed E-state index contributed by atoms with van der Waals surface area (Å²) in [5, 5.41) is 4.44. The van der Waals surface area contributed by atoms with Gasteiger partial charge < -0.3 is 0 Å². The topological polar surface area (TPSA) is 51.6 Å². The van der Waals surface area contributed by atoms with Crippen LogP contribution < -0.4 is 0 Å². The number of benzene rings is 6. The molecule has 0 N–H and O–H groups in total. The Balaban J connectivity index is 1.27. The molecule has 0 bridgehead atoms. The van der Waals surface area contributed by atoms with Crippen LogP contribution in [-0.4, -0.2) is 19.9 Å². The van der Waals surface area contributed by atoms with Crippen LogP contribution in [0.3, 0.4) is 0 Å². The van der Waals surface area contributed by atoms with Crippen molar-refractivity contribution in [1.29, 1.82) is 0 Å². The summed E-state index contributed by atoms with van der Waals surface area (Å²) in [7, 11) is 0. The Hall–Kier alpha value is -5.78. The van der Waals surface area contributed by atoms with E-state index in [0.717, 1.165) is 70.9 Å². The summed E-state index contributed by atoms with van der Waals surface area (Å²) in [4.78, 5) is 20.7. The first kappa shape index (κ1) is 25.7. The lowest BCUT2D eigenvalue weighted by Crippen LogP contribution is -1.97. The molecule has 0 amide bonds. The standard InChI is InChI=1S/C40H24N4S/c1-3-13-26(14-4-1)34-32-23-22-25-12-7-8-19-30(25)36(32)43-39(41-34)28-17-11-18-29(24-28)40-42-35(27-15-5-2-6-16-27)38-37(44-40)31-20-9-10-21-33(31)45-38/h1-24H. The summed E-state index contributed by atoms with van der Waals surface area (Å²) in [5.41, 5.74) is 7.75. The Bertz CT molecular complexity index is 2540. The highest BCUT2D eigenvalue weighted by Gasteiger charge is 2.18. The molecule has 3 heterocycles. The number of fused-ring (bicyclic) bond motifs is 6. The van der Waals surface area contributed by atoms with Gasteiger partial charge in [-0.2, -0.15) is 0 Å². The van der Waals surface area contributed by atoms with Crippen LogP contribution in [0.5, 0.6) is 0 Å². The van der Waals surface area contributed by atoms with Crippen molar-refractivity contribution < 1.29 is 0 Å². The second kappa shape index (κ2) is 10.4. The highest BCUT2D eigenvalue weighted by molar-refractivity contribution is 7.26. The number of rotatable bonds is 4. The maximum Gasteiger partial charge on any atom is 0.160 e. The Labute approximate surface area is 263 Å². The maximum absolute atomic E-state index is 5.19. The molecular formula is C40H24N4S. The van der Waals surface area contributed by atoms with E-state index in [2.05, 4.69) is 127 Å². The lowest BCUT2D eigenvalue weighted by atomic mass is 10.0. The van der Waals surface area contributed by atoms with E-state index in [1.54, 1.807) is 11.3 Å². The minimum Gasteiger partial charge on any atom is -0.227 e. The molecule has 0 aliphatic rings. The van der Waals surface area contributed by atoms with Crippen LogP contribution in [0.25, 0.3) is 87.3 Å². The van der Waals surface area contributed by atoms with Crippen molar-refractivity contribution in [2.75, 3.05) is 0 Å². The summed E-state index contributed by atoms with van der Waals surface area (Å²) in [6, 6.07) is 50.2. The van der Waals surface area contributed by atoms with Crippen LogP contribution >= 0.6 is 11.3 Å². The van der Waals surface area contributed by atoms with Crippen molar-refractivity contribution >= 4 is 53.3 Å². The van der Waals surface area contributed by atoms with Gasteiger partial charge in [-0.15, -0.1) is 11.3 Å². The lowest BCUT2D eigenvalue weighted by Gasteiger charge is -2.12. The first-order valence-corrected chi connectivity index (χ1v) is 15.7. The van der Waals surface area contributed by atoms with Crippen LogP contribution in [0.15, 0.2) is 146 Å². The van der Waals surface area contributed by atoms with Gasteiger partial charge in [0.15, 0.2) is 11.6 Å². The molecule has 0 saturated heterocycles. The molecular weight excluding hydrogens is 569 g/mol. The van der Waals surface area contributed by atoms with E-state index in [-0.39, 0.29) is 0 Å². The summed E-state index contributed by atoms with van der Waals surface area (Å²) in [6.45, 7) is 0. The normalized spacial score (nSPS) is 11.6. The van der Waals surface area contributed by atoms with E-state index in [4.69, 9.17) is 19.9 Å². The van der Waals surface area contributed by atoms with Crippen molar-refractivity contribution in [1.82, 2.24) is 19.9 Å². The van der Waals surface area contributed by atoms with Gasteiger partial charge in [-0.1, -0.05) is 127 Å². The molecule has 9 aromatic rings. The van der Waals surface area contributed by atoms with E-state index in [1.165, 1.54) is 4.70 Å². The zero-order valence-electron chi connectivity index (χ0n) is 24.1. The van der Waals surface area contributed by atoms with Crippen LogP contribution in [0.4, 0.5) is 0 Å². The van der Waals surface area contributed by atoms with Gasteiger partial charge in [0.2, 0.25) is 0 Å². The predicted octanol–water partition coefficient (Wildman–Crippen LogP) is 10.6. The third kappa shape index (κ3) is 4.36. The molecule has 0 unspecified atom stereocenters. The SMILES string of the molecule is c1ccc(-c2nc(-c3cccc(-c4nc(-c5ccccc5)c5sc6ccccc6c5n4)c3)nc3c2ccc2ccccc23)cc1. The first-order chi connectivity index (χ1) is 22.3. The van der Waals surface area contributed by atoms with Crippen molar-refractivity contribution in [3.8, 4) is 45.3 Å². The number of hydrogen-bond acceptors (Lipinski definition) is 5. The predicted molar refractivity (Wildman–Crippen MR) is 187 cm³/mol. The average Bonchev–Trinajstić information content (AvgIpc) is 3.50. The fourth-order valence-electron chi connectivity index (χ4n) is 6.12. The number of hydrogen-bond donors (Lipinski definition) is 0. The first-order valence-electron chi connectivity index (χ1n) is 14.9. The van der Waals surface area contributed by atoms with Gasteiger partial charge in [-0.3, -0.25) is 0 Å². The molecule has 9 rings (SSSR count). The number of nitrogens with zero attached hydrogens (tertiary/aromatic N) is 4. The Kier molecular flexibility index (Phi) is 5.96. The molecule has 0 aliphatic carbocycles. The van der Waals surface area contributed by atoms with Crippen molar-refractivity contribution in [2.45, 2.75) is 0 Å². The molecule has 0 spiro atoms. The molecule has 210 valence electrons. The minimum absolute atomic E-state index is 0.671. The number of thiophene rings is 1. The minimum atomic E-state index is 0.671. The van der Waals surface area contributed by atoms with E-state index in [1.807, 2.05) is 18.2 Å². The Morgan fingerprint density at radius 1 is 0.378 bits per heavy atom. The molecule has 0 aliphatic heterocycles. The van der Waals surface area contributed by atoms with E-state index < -0.39 is 0 Å². The van der Waals surface area contributed by atoms with Gasteiger partial charge in [0.05, 0.1) is 27.1 Å². The van der Waals surface area contributed by atoms with Gasteiger partial charge in [0.25, 0.3) is 0 Å². The fraction of sp³-hybridized carbons (Fsp3) is 0. The zero-order chi connectivity index (χ0) is 29.7. The smallest absolute Gasteiger partial charge is 0.160 e. The number of aromatic nitrogens is 4. The molecule has 0 saturated carbocycles. The van der Waals surface area contributed by atoms with Crippen LogP contribution in [0, 0.1) is 0 Å². The largest absolute Gasteiger partial charge is 0.227 e. The third-order valence-corrected chi connectivity index (χ3v) is 9.45. The highest BCUT2D eigenvalue weighted by atomic mass is 32.1. The van der Waals surface area contributed by atoms with E-state index in [9.17, 15) is 0 Å². The second-order valence-electron chi connectivity index (χ2n) is 11.1. The van der Waals surface area contributed by atoms with Gasteiger partial charge in [-0.25, -0.2) is 19.9 Å². The quantitative estimate of drug-likeness (QED) is 0.191. The zero-order valence-corrected chi connectivity index (χ0v) is 24.9. The molecule has 6 aromatic carbocycles. The molecule has 0 radical (unpaired) electrons. The Morgan fingerprint density at radius 2 is 0.956 bits per heavy atom. The summed E-state index contributed by atoms with van der Waals surface area (Å²) in [5.74, 6) is 1.35. The van der Waals surface area contributed by atoms with Gasteiger partial charge in [0.1, 0.15) is 0 Å². The summed E-state index contributed by atoms with van der Waals surface area (Å²) >= 11 is 1.74. The molecule has 45 heavy (non-hydrogen) atoms. The second-order valence-corrected chi connectivity index (χ2v) is 12.1. The lowest BCUT2D eigenvalue weighted by molar-refractivity contribution is 1.22. The van der Waals surface area contributed by atoms with E-state index >= 15 is 0 Å². The fourth-order valence-corrected chi connectivity index (χ4v) is 7.27. The van der Waals surface area contributed by atoms with Crippen LogP contribution in [0.2, 0.25) is 0 Å². The van der Waals surface area contributed by atoms with Gasteiger partial charge >= 0.3 is 0 Å². The highest BCUT2D eigenvalue weighted by Crippen LogP contribution is 2.40. The van der Waals surface area contributed by atoms with E-state index in [0.29, 0.717) is 11.6 Å². The molecule has 0 fully saturated rings. The van der Waals surface area contributed by atoms with Gasteiger partial charge in [-0.05, 0) is 23.6 Å². The third-order valence-electron chi connectivity index (χ3n) is 8.28. The molecule has 4 nitrogen and oxygen atoms in total. The molecule has 0 atom stereocenters. The van der Waals surface area contributed by atoms with Crippen molar-refractivity contribution in [2.24, 2.45) is 0 Å². The van der Waals surface area contributed by atoms with Crippen molar-refractivity contribution in [3.63, 3.8) is 0 Å². The van der Waals surface area contributed by atoms with Gasteiger partial charge in [0, 0.05) is 43.1 Å². The molecule has 5 heteroatoms. The Morgan fingerprint density at radius 3 is 1.71 bits per heavy atom. The van der Waals surface area contributed by atoms with Crippen molar-refractivity contribution in [3.05, 3.63) is 146 Å². The summed E-state index contributed by atoms with van der Waals surface area (Å²) < 4.78 is 2.30. The van der Waals surface area contributed by atoms with Crippen LogP contribution in [-0.2, 0) is 0 Å². The maximum atomic E-state index is 5.19.